The van der Waals surface area contributed by atoms with Gasteiger partial charge in [-0.1, -0.05) is 92.6 Å². The van der Waals surface area contributed by atoms with E-state index in [2.05, 4.69) is 92.6 Å². The molecule has 0 aliphatic carbocycles. The molecule has 33 heavy (non-hydrogen) atoms. The largest absolute Gasteiger partial charge is 0.493 e. The van der Waals surface area contributed by atoms with Crippen LogP contribution in [0.5, 0.6) is 11.5 Å². The Bertz CT molecular complexity index is 880. The Morgan fingerprint density at radius 2 is 1.45 bits per heavy atom. The summed E-state index contributed by atoms with van der Waals surface area (Å²) >= 11 is 0. The molecule has 0 saturated carbocycles. The van der Waals surface area contributed by atoms with Crippen molar-refractivity contribution in [3.63, 3.8) is 0 Å². The third kappa shape index (κ3) is 6.99. The monoisotopic (exact) mass is 452 g/mol. The molecule has 3 rings (SSSR count). The van der Waals surface area contributed by atoms with Crippen molar-refractivity contribution in [1.29, 1.82) is 0 Å². The zero-order chi connectivity index (χ0) is 24.4. The van der Waals surface area contributed by atoms with Gasteiger partial charge < -0.3 is 14.2 Å². The summed E-state index contributed by atoms with van der Waals surface area (Å²) in [4.78, 5) is 0. The van der Waals surface area contributed by atoms with Gasteiger partial charge in [-0.15, -0.1) is 0 Å². The van der Waals surface area contributed by atoms with E-state index < -0.39 is 0 Å². The molecule has 2 unspecified atom stereocenters. The van der Waals surface area contributed by atoms with E-state index >= 15 is 0 Å². The number of fused-ring (bicyclic) bond motifs is 1. The fourth-order valence-electron chi connectivity index (χ4n) is 5.44. The summed E-state index contributed by atoms with van der Waals surface area (Å²) in [6.45, 7) is 21.3. The zero-order valence-electron chi connectivity index (χ0n) is 22.2. The van der Waals surface area contributed by atoms with E-state index in [1.807, 2.05) is 18.2 Å². The molecule has 2 aromatic rings. The van der Waals surface area contributed by atoms with Crippen molar-refractivity contribution >= 4 is 0 Å². The SMILES string of the molecule is CC(C)(C)CC(Oc1ccc(C(C(C)(C)C)C(C)(C)C)cc1)OC1CCOc2ccccc21. The molecule has 1 aliphatic heterocycles. The standard InChI is InChI=1S/C30H44O3/c1-28(2,3)20-26(33-25-18-19-31-24-13-11-10-12-23(24)25)32-22-16-14-21(15-17-22)27(29(4,5)6)30(7,8)9/h10-17,25-27H,18-20H2,1-9H3. The highest BCUT2D eigenvalue weighted by Crippen LogP contribution is 2.47. The normalized spacial score (nSPS) is 17.9. The van der Waals surface area contributed by atoms with E-state index in [1.54, 1.807) is 0 Å². The molecule has 0 radical (unpaired) electrons. The molecule has 2 aromatic carbocycles. The highest BCUT2D eigenvalue weighted by atomic mass is 16.7. The van der Waals surface area contributed by atoms with Gasteiger partial charge in [-0.3, -0.25) is 0 Å². The van der Waals surface area contributed by atoms with Crippen LogP contribution >= 0.6 is 0 Å². The molecule has 0 N–H and O–H groups in total. The maximum atomic E-state index is 6.58. The summed E-state index contributed by atoms with van der Waals surface area (Å²) < 4.78 is 18.9. The molecule has 2 atom stereocenters. The minimum Gasteiger partial charge on any atom is -0.493 e. The predicted octanol–water partition coefficient (Wildman–Crippen LogP) is 8.54. The predicted molar refractivity (Wildman–Crippen MR) is 137 cm³/mol. The third-order valence-electron chi connectivity index (χ3n) is 6.21. The maximum Gasteiger partial charge on any atom is 0.200 e. The maximum absolute atomic E-state index is 6.58. The molecule has 182 valence electrons. The molecule has 1 heterocycles. The van der Waals surface area contributed by atoms with Crippen molar-refractivity contribution in [3.8, 4) is 11.5 Å². The first-order chi connectivity index (χ1) is 15.2. The third-order valence-corrected chi connectivity index (χ3v) is 6.21. The van der Waals surface area contributed by atoms with Gasteiger partial charge in [0.05, 0.1) is 12.7 Å². The summed E-state index contributed by atoms with van der Waals surface area (Å²) in [7, 11) is 0. The van der Waals surface area contributed by atoms with Gasteiger partial charge in [0.25, 0.3) is 0 Å². The van der Waals surface area contributed by atoms with Gasteiger partial charge in [0, 0.05) is 18.4 Å². The second kappa shape index (κ2) is 9.70. The second-order valence-electron chi connectivity index (χ2n) is 12.8. The van der Waals surface area contributed by atoms with Gasteiger partial charge in [0.1, 0.15) is 11.5 Å². The quantitative estimate of drug-likeness (QED) is 0.411. The Morgan fingerprint density at radius 3 is 2.03 bits per heavy atom. The van der Waals surface area contributed by atoms with Gasteiger partial charge in [-0.05, 0) is 45.9 Å². The molecule has 0 amide bonds. The Balaban J connectivity index is 1.80. The first-order valence-corrected chi connectivity index (χ1v) is 12.4. The highest BCUT2D eigenvalue weighted by molar-refractivity contribution is 5.36. The Labute approximate surface area is 201 Å². The summed E-state index contributed by atoms with van der Waals surface area (Å²) in [6.07, 6.45) is 1.29. The fraction of sp³-hybridized carbons (Fsp3) is 0.600. The van der Waals surface area contributed by atoms with Crippen LogP contribution in [0.1, 0.15) is 98.3 Å². The Kier molecular flexibility index (Phi) is 7.53. The second-order valence-corrected chi connectivity index (χ2v) is 12.8. The van der Waals surface area contributed by atoms with E-state index in [0.29, 0.717) is 12.5 Å². The van der Waals surface area contributed by atoms with E-state index in [9.17, 15) is 0 Å². The van der Waals surface area contributed by atoms with Gasteiger partial charge in [-0.25, -0.2) is 0 Å². The summed E-state index contributed by atoms with van der Waals surface area (Å²) in [6, 6.07) is 16.8. The van der Waals surface area contributed by atoms with Gasteiger partial charge in [-0.2, -0.15) is 0 Å². The lowest BCUT2D eigenvalue weighted by molar-refractivity contribution is -0.144. The van der Waals surface area contributed by atoms with Crippen molar-refractivity contribution in [3.05, 3.63) is 59.7 Å². The van der Waals surface area contributed by atoms with E-state index in [-0.39, 0.29) is 28.6 Å². The van der Waals surface area contributed by atoms with Crippen LogP contribution in [0.15, 0.2) is 48.5 Å². The van der Waals surface area contributed by atoms with Crippen LogP contribution in [0.4, 0.5) is 0 Å². The van der Waals surface area contributed by atoms with Gasteiger partial charge >= 0.3 is 0 Å². The molecule has 0 saturated heterocycles. The van der Waals surface area contributed by atoms with Crippen LogP contribution in [0.2, 0.25) is 0 Å². The molecule has 0 fully saturated rings. The Hall–Kier alpha value is -2.00. The summed E-state index contributed by atoms with van der Waals surface area (Å²) in [5.74, 6) is 2.22. The molecule has 0 spiro atoms. The Morgan fingerprint density at radius 1 is 0.848 bits per heavy atom. The van der Waals surface area contributed by atoms with Crippen LogP contribution < -0.4 is 9.47 Å². The van der Waals surface area contributed by atoms with E-state index in [0.717, 1.165) is 29.9 Å². The lowest BCUT2D eigenvalue weighted by Gasteiger charge is -2.41. The van der Waals surface area contributed by atoms with Crippen molar-refractivity contribution in [2.24, 2.45) is 16.2 Å². The van der Waals surface area contributed by atoms with E-state index in [1.165, 1.54) is 5.56 Å². The number of benzene rings is 2. The number of para-hydroxylation sites is 1. The van der Waals surface area contributed by atoms with Crippen molar-refractivity contribution in [2.45, 2.75) is 93.5 Å². The molecule has 1 aliphatic rings. The van der Waals surface area contributed by atoms with Crippen LogP contribution in [-0.2, 0) is 4.74 Å². The first kappa shape index (κ1) is 25.6. The van der Waals surface area contributed by atoms with Gasteiger partial charge in [0.2, 0.25) is 6.29 Å². The van der Waals surface area contributed by atoms with Crippen LogP contribution in [0, 0.1) is 16.2 Å². The van der Waals surface area contributed by atoms with Gasteiger partial charge in [0.15, 0.2) is 0 Å². The van der Waals surface area contributed by atoms with Crippen LogP contribution in [0.3, 0.4) is 0 Å². The molecule has 3 heteroatoms. The minimum atomic E-state index is -0.326. The topological polar surface area (TPSA) is 27.7 Å². The van der Waals surface area contributed by atoms with Crippen molar-refractivity contribution in [2.75, 3.05) is 6.61 Å². The average molecular weight is 453 g/mol. The number of ether oxygens (including phenoxy) is 3. The molecular weight excluding hydrogens is 408 g/mol. The van der Waals surface area contributed by atoms with Crippen molar-refractivity contribution in [1.82, 2.24) is 0 Å². The number of hydrogen-bond donors (Lipinski definition) is 0. The summed E-state index contributed by atoms with van der Waals surface area (Å²) in [5, 5.41) is 0. The fourth-order valence-corrected chi connectivity index (χ4v) is 5.44. The first-order valence-electron chi connectivity index (χ1n) is 12.4. The molecule has 3 nitrogen and oxygen atoms in total. The lowest BCUT2D eigenvalue weighted by atomic mass is 9.64. The van der Waals surface area contributed by atoms with E-state index in [4.69, 9.17) is 14.2 Å². The molecule has 0 aromatic heterocycles. The lowest BCUT2D eigenvalue weighted by Crippen LogP contribution is -2.31. The molecule has 0 bridgehead atoms. The summed E-state index contributed by atoms with van der Waals surface area (Å²) in [5.41, 5.74) is 2.90. The highest BCUT2D eigenvalue weighted by Gasteiger charge is 2.36. The van der Waals surface area contributed by atoms with Crippen LogP contribution in [-0.4, -0.2) is 12.9 Å². The zero-order valence-corrected chi connectivity index (χ0v) is 22.2. The molecular formula is C30H44O3. The van der Waals surface area contributed by atoms with Crippen molar-refractivity contribution < 1.29 is 14.2 Å². The minimum absolute atomic E-state index is 0.0206. The average Bonchev–Trinajstić information content (AvgIpc) is 2.66. The van der Waals surface area contributed by atoms with Crippen LogP contribution in [0.25, 0.3) is 0 Å². The number of hydrogen-bond acceptors (Lipinski definition) is 3. The smallest absolute Gasteiger partial charge is 0.200 e. The number of rotatable bonds is 6.